The minimum atomic E-state index is -0.629. The summed E-state index contributed by atoms with van der Waals surface area (Å²) in [6.45, 7) is 0.287. The molecule has 21 heavy (non-hydrogen) atoms. The molecule has 0 bridgehead atoms. The van der Waals surface area contributed by atoms with Crippen molar-refractivity contribution in [3.63, 3.8) is 0 Å². The lowest BCUT2D eigenvalue weighted by Gasteiger charge is -2.25. The van der Waals surface area contributed by atoms with Crippen LogP contribution in [-0.4, -0.2) is 43.4 Å². The summed E-state index contributed by atoms with van der Waals surface area (Å²) in [5.74, 6) is -1.52. The zero-order chi connectivity index (χ0) is 15.4. The minimum absolute atomic E-state index is 0.122. The van der Waals surface area contributed by atoms with Crippen molar-refractivity contribution in [2.75, 3.05) is 20.6 Å². The molecule has 5 nitrogen and oxygen atoms in total. The fourth-order valence-electron chi connectivity index (χ4n) is 2.03. The van der Waals surface area contributed by atoms with Crippen molar-refractivity contribution in [2.45, 2.75) is 24.9 Å². The van der Waals surface area contributed by atoms with E-state index in [4.69, 9.17) is 0 Å². The van der Waals surface area contributed by atoms with Gasteiger partial charge in [-0.25, -0.2) is 4.39 Å². The molecular formula is C15H20FN3O2. The molecule has 2 N–H and O–H groups in total. The van der Waals surface area contributed by atoms with E-state index in [0.717, 1.165) is 18.4 Å². The van der Waals surface area contributed by atoms with Gasteiger partial charge in [-0.3, -0.25) is 9.59 Å². The van der Waals surface area contributed by atoms with Crippen LogP contribution >= 0.6 is 0 Å². The predicted molar refractivity (Wildman–Crippen MR) is 77.0 cm³/mol. The molecule has 0 aromatic heterocycles. The highest BCUT2D eigenvalue weighted by Crippen LogP contribution is 2.19. The molecule has 0 saturated heterocycles. The first-order valence-corrected chi connectivity index (χ1v) is 6.98. The summed E-state index contributed by atoms with van der Waals surface area (Å²) in [5.41, 5.74) is 0.879. The first-order chi connectivity index (χ1) is 9.97. The van der Waals surface area contributed by atoms with Gasteiger partial charge in [0.1, 0.15) is 5.82 Å². The van der Waals surface area contributed by atoms with E-state index in [2.05, 4.69) is 10.6 Å². The molecular weight excluding hydrogens is 273 g/mol. The number of carbonyl (C=O) groups excluding carboxylic acids is 2. The Hall–Kier alpha value is -1.95. The number of nitrogens with zero attached hydrogens (tertiary/aromatic N) is 1. The van der Waals surface area contributed by atoms with E-state index >= 15 is 0 Å². The van der Waals surface area contributed by atoms with E-state index in [-0.39, 0.29) is 24.4 Å². The first kappa shape index (κ1) is 15.4. The van der Waals surface area contributed by atoms with Gasteiger partial charge in [0.15, 0.2) is 0 Å². The van der Waals surface area contributed by atoms with Crippen LogP contribution in [-0.2, 0) is 9.59 Å². The zero-order valence-corrected chi connectivity index (χ0v) is 12.2. The molecule has 1 unspecified atom stereocenters. The van der Waals surface area contributed by atoms with E-state index in [9.17, 15) is 14.0 Å². The molecule has 1 aliphatic rings. The highest BCUT2D eigenvalue weighted by molar-refractivity contribution is 6.35. The van der Waals surface area contributed by atoms with Crippen molar-refractivity contribution in [3.05, 3.63) is 35.6 Å². The van der Waals surface area contributed by atoms with Crippen LogP contribution in [0.4, 0.5) is 4.39 Å². The molecule has 0 spiro atoms. The Morgan fingerprint density at radius 3 is 2.38 bits per heavy atom. The lowest BCUT2D eigenvalue weighted by atomic mass is 10.1. The van der Waals surface area contributed by atoms with Crippen molar-refractivity contribution in [1.29, 1.82) is 0 Å². The quantitative estimate of drug-likeness (QED) is 0.790. The van der Waals surface area contributed by atoms with E-state index in [1.54, 1.807) is 12.1 Å². The molecule has 1 aliphatic carbocycles. The van der Waals surface area contributed by atoms with Crippen molar-refractivity contribution >= 4 is 11.8 Å². The second-order valence-electron chi connectivity index (χ2n) is 5.49. The van der Waals surface area contributed by atoms with Gasteiger partial charge in [0.2, 0.25) is 0 Å². The third kappa shape index (κ3) is 4.53. The van der Waals surface area contributed by atoms with Crippen LogP contribution in [0.1, 0.15) is 24.4 Å². The summed E-state index contributed by atoms with van der Waals surface area (Å²) >= 11 is 0. The number of halogens is 1. The SMILES string of the molecule is CN(C)C(CNC(=O)C(=O)NC1CC1)c1ccc(F)cc1. The average molecular weight is 293 g/mol. The Morgan fingerprint density at radius 2 is 1.86 bits per heavy atom. The van der Waals surface area contributed by atoms with Gasteiger partial charge >= 0.3 is 11.8 Å². The summed E-state index contributed by atoms with van der Waals surface area (Å²) in [6, 6.07) is 6.15. The van der Waals surface area contributed by atoms with Crippen molar-refractivity contribution in [2.24, 2.45) is 0 Å². The number of amides is 2. The van der Waals surface area contributed by atoms with Gasteiger partial charge in [-0.15, -0.1) is 0 Å². The average Bonchev–Trinajstić information content (AvgIpc) is 3.24. The van der Waals surface area contributed by atoms with Gasteiger partial charge in [0.25, 0.3) is 0 Å². The van der Waals surface area contributed by atoms with Crippen LogP contribution < -0.4 is 10.6 Å². The van der Waals surface area contributed by atoms with E-state index in [0.29, 0.717) is 0 Å². The van der Waals surface area contributed by atoms with Gasteiger partial charge in [0, 0.05) is 12.6 Å². The lowest BCUT2D eigenvalue weighted by molar-refractivity contribution is -0.139. The lowest BCUT2D eigenvalue weighted by Crippen LogP contribution is -2.43. The summed E-state index contributed by atoms with van der Waals surface area (Å²) in [4.78, 5) is 25.2. The zero-order valence-electron chi connectivity index (χ0n) is 12.2. The molecule has 1 aromatic rings. The normalized spacial score (nSPS) is 15.6. The second-order valence-corrected chi connectivity index (χ2v) is 5.49. The highest BCUT2D eigenvalue weighted by Gasteiger charge is 2.26. The summed E-state index contributed by atoms with van der Waals surface area (Å²) in [5, 5.41) is 5.26. The molecule has 6 heteroatoms. The molecule has 1 aromatic carbocycles. The molecule has 114 valence electrons. The molecule has 2 amide bonds. The van der Waals surface area contributed by atoms with Gasteiger partial charge in [-0.2, -0.15) is 0 Å². The molecule has 1 atom stereocenters. The fourth-order valence-corrected chi connectivity index (χ4v) is 2.03. The Balaban J connectivity index is 1.91. The number of rotatable bonds is 5. The Morgan fingerprint density at radius 1 is 1.24 bits per heavy atom. The first-order valence-electron chi connectivity index (χ1n) is 6.98. The Kier molecular flexibility index (Phi) is 4.90. The fraction of sp³-hybridized carbons (Fsp3) is 0.467. The van der Waals surface area contributed by atoms with Crippen LogP contribution in [0.5, 0.6) is 0 Å². The number of hydrogen-bond donors (Lipinski definition) is 2. The van der Waals surface area contributed by atoms with Crippen molar-refractivity contribution < 1.29 is 14.0 Å². The van der Waals surface area contributed by atoms with E-state index in [1.807, 2.05) is 19.0 Å². The molecule has 0 aliphatic heterocycles. The number of likely N-dealkylation sites (N-methyl/N-ethyl adjacent to an activating group) is 1. The minimum Gasteiger partial charge on any atom is -0.346 e. The topological polar surface area (TPSA) is 61.4 Å². The number of nitrogens with one attached hydrogen (secondary N) is 2. The Bertz CT molecular complexity index is 512. The highest BCUT2D eigenvalue weighted by atomic mass is 19.1. The van der Waals surface area contributed by atoms with Crippen LogP contribution in [0.3, 0.4) is 0 Å². The predicted octanol–water partition coefficient (Wildman–Crippen LogP) is 0.823. The molecule has 0 heterocycles. The summed E-state index contributed by atoms with van der Waals surface area (Å²) in [7, 11) is 3.73. The van der Waals surface area contributed by atoms with Crippen molar-refractivity contribution in [3.8, 4) is 0 Å². The number of hydrogen-bond acceptors (Lipinski definition) is 3. The monoisotopic (exact) mass is 293 g/mol. The third-order valence-electron chi connectivity index (χ3n) is 3.45. The van der Waals surface area contributed by atoms with Gasteiger partial charge < -0.3 is 15.5 Å². The van der Waals surface area contributed by atoms with Crippen LogP contribution in [0.2, 0.25) is 0 Å². The summed E-state index contributed by atoms with van der Waals surface area (Å²) < 4.78 is 13.0. The van der Waals surface area contributed by atoms with Crippen molar-refractivity contribution in [1.82, 2.24) is 15.5 Å². The molecule has 1 fully saturated rings. The molecule has 1 saturated carbocycles. The molecule has 2 rings (SSSR count). The second kappa shape index (κ2) is 6.67. The van der Waals surface area contributed by atoms with Crippen LogP contribution in [0.15, 0.2) is 24.3 Å². The van der Waals surface area contributed by atoms with Gasteiger partial charge in [-0.05, 0) is 44.6 Å². The Labute approximate surface area is 123 Å². The largest absolute Gasteiger partial charge is 0.346 e. The summed E-state index contributed by atoms with van der Waals surface area (Å²) in [6.07, 6.45) is 1.88. The smallest absolute Gasteiger partial charge is 0.309 e. The molecule has 0 radical (unpaired) electrons. The maximum Gasteiger partial charge on any atom is 0.309 e. The third-order valence-corrected chi connectivity index (χ3v) is 3.45. The van der Waals surface area contributed by atoms with Gasteiger partial charge in [-0.1, -0.05) is 12.1 Å². The van der Waals surface area contributed by atoms with E-state index in [1.165, 1.54) is 12.1 Å². The maximum atomic E-state index is 13.0. The number of benzene rings is 1. The van der Waals surface area contributed by atoms with Gasteiger partial charge in [0.05, 0.1) is 6.04 Å². The number of carbonyl (C=O) groups is 2. The van der Waals surface area contributed by atoms with Crippen LogP contribution in [0.25, 0.3) is 0 Å². The van der Waals surface area contributed by atoms with E-state index < -0.39 is 11.8 Å². The standard InChI is InChI=1S/C15H20FN3O2/c1-19(2)13(10-3-5-11(16)6-4-10)9-17-14(20)15(21)18-12-7-8-12/h3-6,12-13H,7-9H2,1-2H3,(H,17,20)(H,18,21). The maximum absolute atomic E-state index is 13.0. The van der Waals surface area contributed by atoms with Crippen LogP contribution in [0, 0.1) is 5.82 Å².